The van der Waals surface area contributed by atoms with Crippen LogP contribution in [0, 0.1) is 12.3 Å². The van der Waals surface area contributed by atoms with Crippen LogP contribution in [0.1, 0.15) is 37.7 Å². The molecule has 0 bridgehead atoms. The van der Waals surface area contributed by atoms with Crippen molar-refractivity contribution >= 4 is 34.0 Å². The van der Waals surface area contributed by atoms with Gasteiger partial charge in [-0.1, -0.05) is 12.5 Å². The van der Waals surface area contributed by atoms with Crippen LogP contribution >= 0.6 is 12.4 Å². The van der Waals surface area contributed by atoms with Gasteiger partial charge < -0.3 is 15.8 Å². The van der Waals surface area contributed by atoms with Crippen LogP contribution in [-0.2, 0) is 19.6 Å². The number of amides is 1. The van der Waals surface area contributed by atoms with Crippen molar-refractivity contribution in [2.24, 2.45) is 11.1 Å². The van der Waals surface area contributed by atoms with Gasteiger partial charge in [0.2, 0.25) is 15.9 Å². The molecular formula is C19H30ClN3O4S. The van der Waals surface area contributed by atoms with E-state index in [4.69, 9.17) is 10.5 Å². The summed E-state index contributed by atoms with van der Waals surface area (Å²) in [6, 6.07) is 5.05. The first-order chi connectivity index (χ1) is 12.9. The lowest BCUT2D eigenvalue weighted by Gasteiger charge is -2.34. The average Bonchev–Trinajstić information content (AvgIpc) is 2.70. The minimum absolute atomic E-state index is 0. The lowest BCUT2D eigenvalue weighted by molar-refractivity contribution is -0.130. The fourth-order valence-electron chi connectivity index (χ4n) is 3.75. The Morgan fingerprint density at radius 1 is 1.21 bits per heavy atom. The van der Waals surface area contributed by atoms with E-state index in [9.17, 15) is 13.2 Å². The van der Waals surface area contributed by atoms with Gasteiger partial charge in [0.25, 0.3) is 0 Å². The summed E-state index contributed by atoms with van der Waals surface area (Å²) in [4.78, 5) is 13.1. The van der Waals surface area contributed by atoms with E-state index < -0.39 is 15.4 Å². The number of nitrogens with one attached hydrogen (secondary N) is 1. The number of aryl methyl sites for hydroxylation is 1. The van der Waals surface area contributed by atoms with Crippen LogP contribution in [0.25, 0.3) is 0 Å². The number of ether oxygens (including phenoxy) is 1. The van der Waals surface area contributed by atoms with Crippen molar-refractivity contribution in [1.82, 2.24) is 4.31 Å². The minimum Gasteiger partial charge on any atom is -0.381 e. The molecule has 0 aliphatic carbocycles. The molecular weight excluding hydrogens is 402 g/mol. The molecule has 9 heteroatoms. The van der Waals surface area contributed by atoms with Gasteiger partial charge in [-0.2, -0.15) is 4.31 Å². The van der Waals surface area contributed by atoms with E-state index in [2.05, 4.69) is 5.32 Å². The Balaban J connectivity index is 0.00000280. The van der Waals surface area contributed by atoms with Gasteiger partial charge in [-0.15, -0.1) is 12.4 Å². The molecule has 1 aromatic carbocycles. The third kappa shape index (κ3) is 4.68. The number of carbonyl (C=O) groups excluding carboxylic acids is 1. The zero-order valence-corrected chi connectivity index (χ0v) is 17.9. The van der Waals surface area contributed by atoms with Crippen molar-refractivity contribution in [3.8, 4) is 0 Å². The summed E-state index contributed by atoms with van der Waals surface area (Å²) >= 11 is 0. The van der Waals surface area contributed by atoms with Gasteiger partial charge in [0, 0.05) is 38.5 Å². The Bertz CT molecular complexity index is 788. The van der Waals surface area contributed by atoms with Gasteiger partial charge in [-0.3, -0.25) is 4.79 Å². The molecule has 0 saturated carbocycles. The number of benzene rings is 1. The molecule has 0 radical (unpaired) electrons. The van der Waals surface area contributed by atoms with Crippen molar-refractivity contribution in [3.63, 3.8) is 0 Å². The SMILES string of the molecule is Cc1ccc(NC(=O)C2(CN)CCOCC2)cc1S(=O)(=O)N1CCCCC1.Cl. The van der Waals surface area contributed by atoms with Gasteiger partial charge in [0.1, 0.15) is 0 Å². The number of piperidine rings is 1. The number of carbonyl (C=O) groups is 1. The fraction of sp³-hybridized carbons (Fsp3) is 0.632. The lowest BCUT2D eigenvalue weighted by atomic mass is 9.79. The minimum atomic E-state index is -3.56. The molecule has 2 aliphatic heterocycles. The molecule has 2 fully saturated rings. The van der Waals surface area contributed by atoms with Gasteiger partial charge in [-0.25, -0.2) is 8.42 Å². The Morgan fingerprint density at radius 3 is 2.46 bits per heavy atom. The number of anilines is 1. The number of nitrogens with zero attached hydrogens (tertiary/aromatic N) is 1. The summed E-state index contributed by atoms with van der Waals surface area (Å²) in [5.74, 6) is -0.168. The fourth-order valence-corrected chi connectivity index (χ4v) is 5.52. The molecule has 0 unspecified atom stereocenters. The molecule has 1 amide bonds. The molecule has 0 spiro atoms. The second-order valence-corrected chi connectivity index (χ2v) is 9.40. The van der Waals surface area contributed by atoms with Crippen molar-refractivity contribution in [3.05, 3.63) is 23.8 Å². The number of rotatable bonds is 5. The summed E-state index contributed by atoms with van der Waals surface area (Å²) in [5.41, 5.74) is 6.40. The Kier molecular flexibility index (Phi) is 7.87. The predicted molar refractivity (Wildman–Crippen MR) is 111 cm³/mol. The zero-order chi connectivity index (χ0) is 19.5. The van der Waals surface area contributed by atoms with Crippen LogP contribution in [0.3, 0.4) is 0 Å². The third-order valence-electron chi connectivity index (χ3n) is 5.70. The lowest BCUT2D eigenvalue weighted by Crippen LogP contribution is -2.46. The second-order valence-electron chi connectivity index (χ2n) is 7.50. The third-order valence-corrected chi connectivity index (χ3v) is 7.74. The van der Waals surface area contributed by atoms with Crippen LogP contribution in [0.5, 0.6) is 0 Å². The van der Waals surface area contributed by atoms with Crippen molar-refractivity contribution < 1.29 is 17.9 Å². The molecule has 0 aromatic heterocycles. The molecule has 3 rings (SSSR count). The number of hydrogen-bond donors (Lipinski definition) is 2. The van der Waals surface area contributed by atoms with E-state index in [1.165, 1.54) is 0 Å². The van der Waals surface area contributed by atoms with Gasteiger partial charge in [0.15, 0.2) is 0 Å². The predicted octanol–water partition coefficient (Wildman–Crippen LogP) is 2.29. The quantitative estimate of drug-likeness (QED) is 0.744. The second kappa shape index (κ2) is 9.54. The monoisotopic (exact) mass is 431 g/mol. The van der Waals surface area contributed by atoms with Gasteiger partial charge in [-0.05, 0) is 50.3 Å². The van der Waals surface area contributed by atoms with E-state index in [1.807, 2.05) is 0 Å². The first kappa shape index (κ1) is 23.1. The van der Waals surface area contributed by atoms with E-state index in [0.29, 0.717) is 50.4 Å². The molecule has 3 N–H and O–H groups in total. The number of nitrogens with two attached hydrogens (primary N) is 1. The largest absolute Gasteiger partial charge is 0.381 e. The van der Waals surface area contributed by atoms with Gasteiger partial charge in [0.05, 0.1) is 10.3 Å². The normalized spacial score (nSPS) is 20.2. The first-order valence-corrected chi connectivity index (χ1v) is 11.0. The van der Waals surface area contributed by atoms with Crippen LogP contribution in [0.15, 0.2) is 23.1 Å². The first-order valence-electron chi connectivity index (χ1n) is 9.59. The Labute approximate surface area is 173 Å². The molecule has 7 nitrogen and oxygen atoms in total. The summed E-state index contributed by atoms with van der Waals surface area (Å²) < 4.78 is 33.0. The highest BCUT2D eigenvalue weighted by atomic mass is 35.5. The zero-order valence-electron chi connectivity index (χ0n) is 16.3. The molecule has 2 heterocycles. The summed E-state index contributed by atoms with van der Waals surface area (Å²) in [6.45, 7) is 4.14. The molecule has 28 heavy (non-hydrogen) atoms. The Morgan fingerprint density at radius 2 is 1.86 bits per heavy atom. The highest BCUT2D eigenvalue weighted by Gasteiger charge is 2.39. The van der Waals surface area contributed by atoms with E-state index in [0.717, 1.165) is 19.3 Å². The van der Waals surface area contributed by atoms with Crippen LogP contribution in [0.2, 0.25) is 0 Å². The highest BCUT2D eigenvalue weighted by molar-refractivity contribution is 7.89. The molecule has 158 valence electrons. The maximum Gasteiger partial charge on any atom is 0.243 e. The van der Waals surface area contributed by atoms with Crippen LogP contribution in [-0.4, -0.2) is 51.5 Å². The molecule has 2 aliphatic rings. The smallest absolute Gasteiger partial charge is 0.243 e. The average molecular weight is 432 g/mol. The molecule has 0 atom stereocenters. The number of sulfonamides is 1. The maximum atomic E-state index is 13.0. The molecule has 1 aromatic rings. The van der Waals surface area contributed by atoms with Crippen LogP contribution in [0.4, 0.5) is 5.69 Å². The standard InChI is InChI=1S/C19H29N3O4S.ClH/c1-15-5-6-16(21-18(23)19(14-20)7-11-26-12-8-19)13-17(15)27(24,25)22-9-3-2-4-10-22;/h5-6,13H,2-4,7-12,14,20H2,1H3,(H,21,23);1H. The maximum absolute atomic E-state index is 13.0. The molecule has 2 saturated heterocycles. The van der Waals surface area contributed by atoms with Crippen molar-refractivity contribution in [1.29, 1.82) is 0 Å². The van der Waals surface area contributed by atoms with E-state index in [-0.39, 0.29) is 29.8 Å². The number of halogens is 1. The van der Waals surface area contributed by atoms with E-state index >= 15 is 0 Å². The highest BCUT2D eigenvalue weighted by Crippen LogP contribution is 2.32. The van der Waals surface area contributed by atoms with Crippen molar-refractivity contribution in [2.45, 2.75) is 43.9 Å². The summed E-state index contributed by atoms with van der Waals surface area (Å²) in [7, 11) is -3.56. The summed E-state index contributed by atoms with van der Waals surface area (Å²) in [6.07, 6.45) is 3.97. The number of hydrogen-bond acceptors (Lipinski definition) is 5. The van der Waals surface area contributed by atoms with Crippen LogP contribution < -0.4 is 11.1 Å². The van der Waals surface area contributed by atoms with E-state index in [1.54, 1.807) is 29.4 Å². The Hall–Kier alpha value is -1.19. The van der Waals surface area contributed by atoms with Crippen molar-refractivity contribution in [2.75, 3.05) is 38.2 Å². The summed E-state index contributed by atoms with van der Waals surface area (Å²) in [5, 5.41) is 2.89. The van der Waals surface area contributed by atoms with Gasteiger partial charge >= 0.3 is 0 Å². The topological polar surface area (TPSA) is 102 Å².